The number of piperidine rings is 1. The molecule has 1 saturated heterocycles. The van der Waals surface area contributed by atoms with E-state index in [-0.39, 0.29) is 18.4 Å². The largest absolute Gasteiger partial charge is 0.302 e. The second-order valence-corrected chi connectivity index (χ2v) is 12.7. The van der Waals surface area contributed by atoms with E-state index in [0.29, 0.717) is 35.3 Å². The summed E-state index contributed by atoms with van der Waals surface area (Å²) in [5, 5.41) is 2.46. The normalized spacial score (nSPS) is 17.5. The number of likely N-dealkylation sites (N-methyl/N-ethyl adjacent to an activating group) is 1. The van der Waals surface area contributed by atoms with Crippen LogP contribution in [0.15, 0.2) is 39.9 Å². The van der Waals surface area contributed by atoms with Crippen molar-refractivity contribution in [3.05, 3.63) is 41.3 Å². The molecule has 1 aromatic carbocycles. The Labute approximate surface area is 210 Å². The van der Waals surface area contributed by atoms with E-state index < -0.39 is 10.0 Å². The van der Waals surface area contributed by atoms with E-state index in [2.05, 4.69) is 18.7 Å². The zero-order chi connectivity index (χ0) is 24.3. The molecule has 1 unspecified atom stereocenters. The first-order valence-corrected chi connectivity index (χ1v) is 14.9. The van der Waals surface area contributed by atoms with E-state index >= 15 is 0 Å². The number of rotatable bonds is 9. The lowest BCUT2D eigenvalue weighted by Crippen LogP contribution is -2.48. The molecule has 3 aromatic rings. The molecule has 34 heavy (non-hydrogen) atoms. The molecular weight excluding hydrogens is 488 g/mol. The fraction of sp³-hybridized carbons (Fsp3) is 0.500. The van der Waals surface area contributed by atoms with Crippen LogP contribution in [0.4, 0.5) is 5.13 Å². The van der Waals surface area contributed by atoms with Crippen LogP contribution in [0.25, 0.3) is 10.2 Å². The predicted octanol–water partition coefficient (Wildman–Crippen LogP) is 4.44. The number of aryl methyl sites for hydroxylation is 1. The maximum absolute atomic E-state index is 13.9. The Morgan fingerprint density at radius 3 is 2.65 bits per heavy atom. The number of carbonyl (C=O) groups excluding carboxylic acids is 1. The standard InChI is InChI=1S/C24H32N4O3S3/c1-4-26(5-2)14-15-28(24-25-22-18(3)9-6-11-20(22)33-24)23(29)19-10-7-13-27(17-19)34(30,31)21-12-8-16-32-21/h6,8-9,11-12,16,19H,4-5,7,10,13-15,17H2,1-3H3. The Kier molecular flexibility index (Phi) is 8.04. The molecule has 1 aliphatic heterocycles. The van der Waals surface area contributed by atoms with E-state index in [0.717, 1.165) is 35.4 Å². The van der Waals surface area contributed by atoms with Gasteiger partial charge in [-0.1, -0.05) is 43.4 Å². The molecule has 0 spiro atoms. The van der Waals surface area contributed by atoms with Crippen LogP contribution in [0, 0.1) is 12.8 Å². The molecule has 3 heterocycles. The van der Waals surface area contributed by atoms with Gasteiger partial charge in [-0.3, -0.25) is 9.69 Å². The maximum Gasteiger partial charge on any atom is 0.252 e. The third-order valence-corrected chi connectivity index (χ3v) is 10.7. The fourth-order valence-corrected chi connectivity index (χ4v) is 8.13. The molecule has 1 aliphatic rings. The van der Waals surface area contributed by atoms with E-state index in [1.54, 1.807) is 22.4 Å². The Morgan fingerprint density at radius 1 is 1.18 bits per heavy atom. The molecule has 4 rings (SSSR count). The lowest BCUT2D eigenvalue weighted by molar-refractivity contribution is -0.123. The quantitative estimate of drug-likeness (QED) is 0.417. The number of hydrogen-bond donors (Lipinski definition) is 0. The minimum Gasteiger partial charge on any atom is -0.302 e. The van der Waals surface area contributed by atoms with Gasteiger partial charge >= 0.3 is 0 Å². The van der Waals surface area contributed by atoms with Crippen molar-refractivity contribution in [1.82, 2.24) is 14.2 Å². The van der Waals surface area contributed by atoms with Crippen LogP contribution in [0.2, 0.25) is 0 Å². The minimum absolute atomic E-state index is 0.0325. The van der Waals surface area contributed by atoms with Gasteiger partial charge in [0.1, 0.15) is 4.21 Å². The molecule has 7 nitrogen and oxygen atoms in total. The average molecular weight is 521 g/mol. The van der Waals surface area contributed by atoms with Crippen LogP contribution in [0.5, 0.6) is 0 Å². The van der Waals surface area contributed by atoms with Crippen molar-refractivity contribution >= 4 is 54.0 Å². The van der Waals surface area contributed by atoms with Gasteiger partial charge in [0.05, 0.1) is 16.1 Å². The van der Waals surface area contributed by atoms with E-state index in [1.165, 1.54) is 27.0 Å². The van der Waals surface area contributed by atoms with E-state index in [1.807, 2.05) is 25.1 Å². The molecule has 1 fully saturated rings. The van der Waals surface area contributed by atoms with Gasteiger partial charge in [-0.05, 0) is 55.9 Å². The molecule has 0 aliphatic carbocycles. The van der Waals surface area contributed by atoms with Crippen molar-refractivity contribution in [2.24, 2.45) is 5.92 Å². The van der Waals surface area contributed by atoms with Crippen molar-refractivity contribution in [3.8, 4) is 0 Å². The second kappa shape index (κ2) is 10.8. The molecule has 0 bridgehead atoms. The van der Waals surface area contributed by atoms with Gasteiger partial charge in [-0.2, -0.15) is 4.31 Å². The van der Waals surface area contributed by atoms with Crippen LogP contribution < -0.4 is 4.90 Å². The zero-order valence-corrected chi connectivity index (χ0v) is 22.4. The number of benzene rings is 1. The first-order chi connectivity index (χ1) is 16.3. The number of fused-ring (bicyclic) bond motifs is 1. The smallest absolute Gasteiger partial charge is 0.252 e. The second-order valence-electron chi connectivity index (χ2n) is 8.57. The number of nitrogens with zero attached hydrogens (tertiary/aromatic N) is 4. The SMILES string of the molecule is CCN(CC)CCN(C(=O)C1CCCN(S(=O)(=O)c2cccs2)C1)c1nc2c(C)cccc2s1. The number of thiazole rings is 1. The van der Waals surface area contributed by atoms with Gasteiger partial charge in [0.15, 0.2) is 5.13 Å². The topological polar surface area (TPSA) is 73.8 Å². The molecule has 0 N–H and O–H groups in total. The van der Waals surface area contributed by atoms with Gasteiger partial charge in [-0.15, -0.1) is 11.3 Å². The molecule has 1 amide bonds. The first kappa shape index (κ1) is 25.2. The third-order valence-electron chi connectivity index (χ3n) is 6.46. The maximum atomic E-state index is 13.9. The monoisotopic (exact) mass is 520 g/mol. The van der Waals surface area contributed by atoms with Crippen LogP contribution in [0.3, 0.4) is 0 Å². The van der Waals surface area contributed by atoms with Crippen molar-refractivity contribution in [2.75, 3.05) is 44.2 Å². The summed E-state index contributed by atoms with van der Waals surface area (Å²) in [4.78, 5) is 22.8. The van der Waals surface area contributed by atoms with Crippen LogP contribution in [0.1, 0.15) is 32.3 Å². The number of amides is 1. The number of carbonyl (C=O) groups is 1. The Hall–Kier alpha value is -1.85. The molecule has 2 aromatic heterocycles. The lowest BCUT2D eigenvalue weighted by Gasteiger charge is -2.34. The Balaban J connectivity index is 1.61. The van der Waals surface area contributed by atoms with E-state index in [4.69, 9.17) is 4.98 Å². The number of thiophene rings is 1. The summed E-state index contributed by atoms with van der Waals surface area (Å²) < 4.78 is 29.1. The minimum atomic E-state index is -3.58. The van der Waals surface area contributed by atoms with Gasteiger partial charge in [0.25, 0.3) is 10.0 Å². The van der Waals surface area contributed by atoms with Crippen molar-refractivity contribution in [2.45, 2.75) is 37.8 Å². The van der Waals surface area contributed by atoms with Crippen LogP contribution in [-0.4, -0.2) is 67.8 Å². The highest BCUT2D eigenvalue weighted by atomic mass is 32.2. The van der Waals surface area contributed by atoms with Crippen molar-refractivity contribution in [1.29, 1.82) is 0 Å². The Morgan fingerprint density at radius 2 is 1.97 bits per heavy atom. The number of para-hydroxylation sites is 1. The van der Waals surface area contributed by atoms with Crippen LogP contribution >= 0.6 is 22.7 Å². The third kappa shape index (κ3) is 5.21. The van der Waals surface area contributed by atoms with Gasteiger partial charge in [-0.25, -0.2) is 13.4 Å². The first-order valence-electron chi connectivity index (χ1n) is 11.8. The molecule has 1 atom stereocenters. The number of anilines is 1. The summed E-state index contributed by atoms with van der Waals surface area (Å²) in [5.41, 5.74) is 2.01. The number of hydrogen-bond acceptors (Lipinski definition) is 7. The molecule has 0 radical (unpaired) electrons. The summed E-state index contributed by atoms with van der Waals surface area (Å²) in [6, 6.07) is 9.45. The summed E-state index contributed by atoms with van der Waals surface area (Å²) in [7, 11) is -3.58. The Bertz CT molecular complexity index is 1220. The zero-order valence-electron chi connectivity index (χ0n) is 19.9. The fourth-order valence-electron chi connectivity index (χ4n) is 4.39. The summed E-state index contributed by atoms with van der Waals surface area (Å²) in [6.45, 7) is 10.0. The van der Waals surface area contributed by atoms with Gasteiger partial charge < -0.3 is 4.90 Å². The number of aromatic nitrogens is 1. The van der Waals surface area contributed by atoms with Crippen LogP contribution in [-0.2, 0) is 14.8 Å². The van der Waals surface area contributed by atoms with Gasteiger partial charge in [0.2, 0.25) is 5.91 Å². The molecule has 184 valence electrons. The molecule has 0 saturated carbocycles. The van der Waals surface area contributed by atoms with Crippen molar-refractivity contribution < 1.29 is 13.2 Å². The van der Waals surface area contributed by atoms with Crippen molar-refractivity contribution in [3.63, 3.8) is 0 Å². The summed E-state index contributed by atoms with van der Waals surface area (Å²) >= 11 is 2.75. The number of sulfonamides is 1. The highest BCUT2D eigenvalue weighted by Gasteiger charge is 2.36. The molecule has 10 heteroatoms. The predicted molar refractivity (Wildman–Crippen MR) is 140 cm³/mol. The van der Waals surface area contributed by atoms with Gasteiger partial charge in [0, 0.05) is 26.2 Å². The summed E-state index contributed by atoms with van der Waals surface area (Å²) in [6.07, 6.45) is 1.35. The van der Waals surface area contributed by atoms with E-state index in [9.17, 15) is 13.2 Å². The molecular formula is C24H32N4O3S3. The average Bonchev–Trinajstić information content (AvgIpc) is 3.53. The lowest BCUT2D eigenvalue weighted by atomic mass is 9.98. The highest BCUT2D eigenvalue weighted by Crippen LogP contribution is 2.33. The summed E-state index contributed by atoms with van der Waals surface area (Å²) in [5.74, 6) is -0.414. The highest BCUT2D eigenvalue weighted by molar-refractivity contribution is 7.91.